The summed E-state index contributed by atoms with van der Waals surface area (Å²) in [5, 5.41) is 6.16. The van der Waals surface area contributed by atoms with Crippen molar-refractivity contribution in [2.45, 2.75) is 19.4 Å². The van der Waals surface area contributed by atoms with Crippen molar-refractivity contribution >= 4 is 11.6 Å². The summed E-state index contributed by atoms with van der Waals surface area (Å²) >= 11 is 0. The molecule has 7 heteroatoms. The predicted molar refractivity (Wildman–Crippen MR) is 119 cm³/mol. The molecule has 4 rings (SSSR count). The lowest BCUT2D eigenvalue weighted by Crippen LogP contribution is -2.49. The van der Waals surface area contributed by atoms with Gasteiger partial charge in [-0.15, -0.1) is 0 Å². The van der Waals surface area contributed by atoms with Crippen LogP contribution >= 0.6 is 0 Å². The Hall–Kier alpha value is -2.77. The van der Waals surface area contributed by atoms with Crippen LogP contribution in [0.3, 0.4) is 0 Å². The molecule has 31 heavy (non-hydrogen) atoms. The first-order valence-corrected chi connectivity index (χ1v) is 10.8. The number of amides is 1. The molecule has 0 spiro atoms. The highest BCUT2D eigenvalue weighted by molar-refractivity contribution is 6.03. The Morgan fingerprint density at radius 3 is 2.39 bits per heavy atom. The Morgan fingerprint density at radius 1 is 1.06 bits per heavy atom. The first-order valence-electron chi connectivity index (χ1n) is 10.8. The Balaban J connectivity index is 1.56. The topological polar surface area (TPSA) is 48.4 Å². The summed E-state index contributed by atoms with van der Waals surface area (Å²) in [4.78, 5) is 17.8. The van der Waals surface area contributed by atoms with E-state index in [4.69, 9.17) is 4.74 Å². The molecular formula is C24H29FN4O2. The number of hydrazone groups is 1. The fourth-order valence-electron chi connectivity index (χ4n) is 4.21. The van der Waals surface area contributed by atoms with Gasteiger partial charge >= 0.3 is 0 Å². The van der Waals surface area contributed by atoms with Crippen LogP contribution < -0.4 is 4.74 Å². The first kappa shape index (κ1) is 21.5. The maximum Gasteiger partial charge on any atom is 0.257 e. The Bertz CT molecular complexity index is 939. The quantitative estimate of drug-likeness (QED) is 0.715. The van der Waals surface area contributed by atoms with Gasteiger partial charge in [0.05, 0.1) is 25.4 Å². The number of hydrogen-bond donors (Lipinski definition) is 0. The Labute approximate surface area is 182 Å². The zero-order valence-corrected chi connectivity index (χ0v) is 18.1. The van der Waals surface area contributed by atoms with E-state index in [-0.39, 0.29) is 17.8 Å². The first-order chi connectivity index (χ1) is 15.1. The second kappa shape index (κ2) is 9.58. The number of likely N-dealkylation sites (N-methyl/N-ethyl adjacent to an activating group) is 1. The minimum Gasteiger partial charge on any atom is -0.497 e. The molecule has 0 radical (unpaired) electrons. The molecule has 0 N–H and O–H groups in total. The van der Waals surface area contributed by atoms with E-state index >= 15 is 0 Å². The van der Waals surface area contributed by atoms with Gasteiger partial charge in [-0.1, -0.05) is 37.3 Å². The van der Waals surface area contributed by atoms with Gasteiger partial charge in [0.1, 0.15) is 11.6 Å². The van der Waals surface area contributed by atoms with Gasteiger partial charge in [0.2, 0.25) is 0 Å². The Morgan fingerprint density at radius 2 is 1.74 bits per heavy atom. The number of ether oxygens (including phenoxy) is 1. The minimum absolute atomic E-state index is 0.0582. The third-order valence-electron chi connectivity index (χ3n) is 6.12. The molecule has 2 heterocycles. The van der Waals surface area contributed by atoms with Crippen molar-refractivity contribution in [1.29, 1.82) is 0 Å². The van der Waals surface area contributed by atoms with Crippen LogP contribution in [0.25, 0.3) is 0 Å². The zero-order valence-electron chi connectivity index (χ0n) is 18.1. The monoisotopic (exact) mass is 424 g/mol. The number of benzene rings is 2. The molecule has 1 amide bonds. The third-order valence-corrected chi connectivity index (χ3v) is 6.12. The van der Waals surface area contributed by atoms with Gasteiger partial charge in [-0.3, -0.25) is 9.69 Å². The minimum atomic E-state index is -0.320. The number of piperazine rings is 1. The molecule has 2 aliphatic heterocycles. The van der Waals surface area contributed by atoms with E-state index in [1.165, 1.54) is 6.07 Å². The normalized spacial score (nSPS) is 20.0. The highest BCUT2D eigenvalue weighted by atomic mass is 19.1. The van der Waals surface area contributed by atoms with Gasteiger partial charge in [0.25, 0.3) is 5.91 Å². The predicted octanol–water partition coefficient (Wildman–Crippen LogP) is 3.15. The molecule has 2 aromatic rings. The average molecular weight is 425 g/mol. The molecule has 2 aliphatic rings. The summed E-state index contributed by atoms with van der Waals surface area (Å²) in [6.45, 7) is 7.17. The molecular weight excluding hydrogens is 395 g/mol. The van der Waals surface area contributed by atoms with Crippen LogP contribution in [0.1, 0.15) is 30.5 Å². The van der Waals surface area contributed by atoms with Crippen LogP contribution in [-0.4, -0.2) is 72.8 Å². The van der Waals surface area contributed by atoms with Crippen molar-refractivity contribution in [2.24, 2.45) is 5.10 Å². The molecule has 6 nitrogen and oxygen atoms in total. The molecule has 1 saturated heterocycles. The summed E-state index contributed by atoms with van der Waals surface area (Å²) < 4.78 is 19.7. The maximum atomic E-state index is 14.4. The van der Waals surface area contributed by atoms with Crippen LogP contribution in [0, 0.1) is 5.82 Å². The summed E-state index contributed by atoms with van der Waals surface area (Å²) in [5.74, 6) is 0.375. The summed E-state index contributed by atoms with van der Waals surface area (Å²) in [7, 11) is 1.62. The number of methoxy groups -OCH3 is 1. The van der Waals surface area contributed by atoms with Crippen molar-refractivity contribution in [3.8, 4) is 5.75 Å². The van der Waals surface area contributed by atoms with E-state index in [2.05, 4.69) is 21.8 Å². The summed E-state index contributed by atoms with van der Waals surface area (Å²) in [6.07, 6.45) is 0.475. The van der Waals surface area contributed by atoms with Crippen LogP contribution in [0.2, 0.25) is 0 Å². The number of hydrogen-bond acceptors (Lipinski definition) is 5. The largest absolute Gasteiger partial charge is 0.497 e. The number of nitrogens with zero attached hydrogens (tertiary/aromatic N) is 4. The van der Waals surface area contributed by atoms with Crippen molar-refractivity contribution < 1.29 is 13.9 Å². The number of carbonyl (C=O) groups excluding carboxylic acids is 1. The van der Waals surface area contributed by atoms with Crippen molar-refractivity contribution in [1.82, 2.24) is 14.8 Å². The van der Waals surface area contributed by atoms with E-state index < -0.39 is 0 Å². The highest BCUT2D eigenvalue weighted by Crippen LogP contribution is 2.34. The third kappa shape index (κ3) is 4.78. The maximum absolute atomic E-state index is 14.4. The van der Waals surface area contributed by atoms with Gasteiger partial charge in [0, 0.05) is 38.2 Å². The summed E-state index contributed by atoms with van der Waals surface area (Å²) in [6, 6.07) is 14.0. The molecule has 0 saturated carbocycles. The van der Waals surface area contributed by atoms with Crippen LogP contribution in [0.5, 0.6) is 5.75 Å². The molecule has 164 valence electrons. The standard InChI is InChI=1S/C24H29FN4O2/c1-3-27-12-14-28(15-13-27)17-24(30)29-23(18-8-10-19(31-2)11-9-18)16-22(26-29)20-6-4-5-7-21(20)25/h4-11,23H,3,12-17H2,1-2H3/t23-/m1/s1. The Kier molecular flexibility index (Phi) is 6.63. The van der Waals surface area contributed by atoms with Gasteiger partial charge in [-0.25, -0.2) is 9.40 Å². The zero-order chi connectivity index (χ0) is 21.8. The lowest BCUT2D eigenvalue weighted by molar-refractivity contribution is -0.134. The van der Waals surface area contributed by atoms with Crippen LogP contribution in [0.4, 0.5) is 4.39 Å². The summed E-state index contributed by atoms with van der Waals surface area (Å²) in [5.41, 5.74) is 2.01. The lowest BCUT2D eigenvalue weighted by atomic mass is 9.98. The number of carbonyl (C=O) groups is 1. The van der Waals surface area contributed by atoms with E-state index in [1.807, 2.05) is 24.3 Å². The van der Waals surface area contributed by atoms with Crippen molar-refractivity contribution in [2.75, 3.05) is 46.4 Å². The lowest BCUT2D eigenvalue weighted by Gasteiger charge is -2.34. The molecule has 0 aliphatic carbocycles. The second-order valence-electron chi connectivity index (χ2n) is 7.97. The second-order valence-corrected chi connectivity index (χ2v) is 7.97. The van der Waals surface area contributed by atoms with E-state index in [0.717, 1.165) is 44.0 Å². The molecule has 0 bridgehead atoms. The average Bonchev–Trinajstić information content (AvgIpc) is 3.25. The molecule has 0 unspecified atom stereocenters. The van der Waals surface area contributed by atoms with E-state index in [1.54, 1.807) is 30.3 Å². The number of halogens is 1. The smallest absolute Gasteiger partial charge is 0.257 e. The van der Waals surface area contributed by atoms with E-state index in [9.17, 15) is 9.18 Å². The van der Waals surface area contributed by atoms with E-state index in [0.29, 0.717) is 24.2 Å². The van der Waals surface area contributed by atoms with Gasteiger partial charge in [-0.05, 0) is 30.3 Å². The van der Waals surface area contributed by atoms with Gasteiger partial charge in [0.15, 0.2) is 0 Å². The molecule has 2 aromatic carbocycles. The van der Waals surface area contributed by atoms with Crippen molar-refractivity contribution in [3.63, 3.8) is 0 Å². The van der Waals surface area contributed by atoms with Gasteiger partial charge in [-0.2, -0.15) is 5.10 Å². The molecule has 0 aromatic heterocycles. The highest BCUT2D eigenvalue weighted by Gasteiger charge is 2.34. The molecule has 1 atom stereocenters. The van der Waals surface area contributed by atoms with Gasteiger partial charge < -0.3 is 9.64 Å². The number of rotatable bonds is 6. The SMILES string of the molecule is CCN1CCN(CC(=O)N2N=C(c3ccccc3F)C[C@@H]2c2ccc(OC)cc2)CC1. The van der Waals surface area contributed by atoms with Crippen LogP contribution in [-0.2, 0) is 4.79 Å². The fourth-order valence-corrected chi connectivity index (χ4v) is 4.21. The van der Waals surface area contributed by atoms with Crippen molar-refractivity contribution in [3.05, 3.63) is 65.5 Å². The fraction of sp³-hybridized carbons (Fsp3) is 0.417. The molecule has 1 fully saturated rings. The van der Waals surface area contributed by atoms with Crippen LogP contribution in [0.15, 0.2) is 53.6 Å².